The molecule has 168 valence electrons. The van der Waals surface area contributed by atoms with Crippen molar-refractivity contribution in [3.05, 3.63) is 93.9 Å². The van der Waals surface area contributed by atoms with Crippen molar-refractivity contribution in [2.24, 2.45) is 5.18 Å². The summed E-state index contributed by atoms with van der Waals surface area (Å²) < 4.78 is 40.9. The number of nitroso groups, excluding NO2 is 1. The highest BCUT2D eigenvalue weighted by Gasteiger charge is 2.59. The smallest absolute Gasteiger partial charge is 0.212 e. The summed E-state index contributed by atoms with van der Waals surface area (Å²) >= 11 is 0. The van der Waals surface area contributed by atoms with Gasteiger partial charge < -0.3 is 14.4 Å². The van der Waals surface area contributed by atoms with E-state index in [1.165, 1.54) is 19.2 Å². The lowest BCUT2D eigenvalue weighted by Crippen LogP contribution is -2.59. The summed E-state index contributed by atoms with van der Waals surface area (Å²) in [5.74, 6) is -0.172. The Morgan fingerprint density at radius 2 is 1.88 bits per heavy atom. The molecule has 5 rings (SSSR count). The number of halogens is 2. The number of benzene rings is 3. The van der Waals surface area contributed by atoms with Gasteiger partial charge >= 0.3 is 0 Å². The highest BCUT2D eigenvalue weighted by Crippen LogP contribution is 2.56. The van der Waals surface area contributed by atoms with Gasteiger partial charge in [0.25, 0.3) is 0 Å². The third-order valence-corrected chi connectivity index (χ3v) is 6.64. The summed E-state index contributed by atoms with van der Waals surface area (Å²) in [6.45, 7) is 4.19. The van der Waals surface area contributed by atoms with Crippen LogP contribution in [0.25, 0.3) is 6.08 Å². The molecule has 1 atom stereocenters. The van der Waals surface area contributed by atoms with Crippen LogP contribution in [0.15, 0.2) is 65.9 Å². The Morgan fingerprint density at radius 1 is 1.09 bits per heavy atom. The van der Waals surface area contributed by atoms with E-state index >= 15 is 0 Å². The Hall–Kier alpha value is -3.74. The molecule has 5 nitrogen and oxygen atoms in total. The average molecular weight is 448 g/mol. The molecule has 3 aromatic carbocycles. The minimum atomic E-state index is -1.06. The first-order valence-corrected chi connectivity index (χ1v) is 10.6. The van der Waals surface area contributed by atoms with Crippen molar-refractivity contribution in [3.8, 4) is 11.5 Å². The summed E-state index contributed by atoms with van der Waals surface area (Å²) in [4.78, 5) is 13.1. The third-order valence-electron chi connectivity index (χ3n) is 6.64. The average Bonchev–Trinajstić information content (AvgIpc) is 2.99. The van der Waals surface area contributed by atoms with Crippen LogP contribution in [0.1, 0.15) is 30.5 Å². The molecule has 0 radical (unpaired) electrons. The van der Waals surface area contributed by atoms with E-state index < -0.39 is 22.8 Å². The summed E-state index contributed by atoms with van der Waals surface area (Å²) in [5, 5.41) is 3.02. The number of methoxy groups -OCH3 is 1. The second kappa shape index (κ2) is 7.40. The van der Waals surface area contributed by atoms with E-state index in [1.54, 1.807) is 6.07 Å². The second-order valence-electron chi connectivity index (χ2n) is 8.75. The van der Waals surface area contributed by atoms with Crippen LogP contribution in [-0.2, 0) is 12.0 Å². The van der Waals surface area contributed by atoms with Crippen LogP contribution in [0.2, 0.25) is 0 Å². The van der Waals surface area contributed by atoms with Crippen LogP contribution >= 0.6 is 0 Å². The fourth-order valence-corrected chi connectivity index (χ4v) is 4.90. The molecule has 0 aliphatic carbocycles. The topological polar surface area (TPSA) is 51.1 Å². The number of nitrogens with zero attached hydrogens (tertiary/aromatic N) is 2. The van der Waals surface area contributed by atoms with E-state index in [4.69, 9.17) is 9.47 Å². The van der Waals surface area contributed by atoms with E-state index in [0.29, 0.717) is 17.1 Å². The summed E-state index contributed by atoms with van der Waals surface area (Å²) in [6, 6.07) is 14.4. The number of hydrogen-bond donors (Lipinski definition) is 0. The number of fused-ring (bicyclic) bond motifs is 2. The molecule has 0 amide bonds. The fraction of sp³-hybridized carbons (Fsp3) is 0.231. The lowest BCUT2D eigenvalue weighted by Gasteiger charge is -2.47. The van der Waals surface area contributed by atoms with Gasteiger partial charge in [0.2, 0.25) is 5.72 Å². The molecule has 0 saturated heterocycles. The van der Waals surface area contributed by atoms with Gasteiger partial charge in [-0.2, -0.15) is 0 Å². The van der Waals surface area contributed by atoms with Gasteiger partial charge in [0.05, 0.1) is 19.1 Å². The molecule has 0 bridgehead atoms. The minimum Gasteiger partial charge on any atom is -0.493 e. The Morgan fingerprint density at radius 3 is 2.64 bits per heavy atom. The van der Waals surface area contributed by atoms with E-state index in [2.05, 4.69) is 19.0 Å². The van der Waals surface area contributed by atoms with Crippen molar-refractivity contribution in [1.29, 1.82) is 0 Å². The Labute approximate surface area is 190 Å². The summed E-state index contributed by atoms with van der Waals surface area (Å²) in [5.41, 5.74) is 1.34. The molecule has 0 fully saturated rings. The summed E-state index contributed by atoms with van der Waals surface area (Å²) in [7, 11) is 1.49. The van der Waals surface area contributed by atoms with Gasteiger partial charge in [-0.25, -0.2) is 8.78 Å². The normalized spacial score (nSPS) is 19.7. The van der Waals surface area contributed by atoms with E-state index in [1.807, 2.05) is 41.3 Å². The summed E-state index contributed by atoms with van der Waals surface area (Å²) in [6.07, 6.45) is 3.76. The molecule has 2 aliphatic heterocycles. The number of ether oxygens (including phenoxy) is 2. The number of para-hydroxylation sites is 1. The van der Waals surface area contributed by atoms with Crippen molar-refractivity contribution in [3.63, 3.8) is 0 Å². The molecule has 2 heterocycles. The molecule has 1 spiro atoms. The monoisotopic (exact) mass is 448 g/mol. The quantitative estimate of drug-likeness (QED) is 0.429. The molecular formula is C26H22F2N2O3. The number of anilines is 1. The Balaban J connectivity index is 1.70. The van der Waals surface area contributed by atoms with Crippen LogP contribution in [-0.4, -0.2) is 12.8 Å². The lowest BCUT2D eigenvalue weighted by molar-refractivity contribution is 0.0491. The van der Waals surface area contributed by atoms with Crippen LogP contribution in [0.4, 0.5) is 20.2 Å². The molecule has 0 aromatic heterocycles. The van der Waals surface area contributed by atoms with Crippen molar-refractivity contribution < 1.29 is 18.3 Å². The SMILES string of the molecule is COc1cc(N=O)cc2c1OC1(C=C2)N(Cc2cc(F)ccc2F)c2ccccc2C1(C)C. The first-order chi connectivity index (χ1) is 15.8. The molecule has 33 heavy (non-hydrogen) atoms. The maximum Gasteiger partial charge on any atom is 0.212 e. The second-order valence-corrected chi connectivity index (χ2v) is 8.75. The maximum absolute atomic E-state index is 14.7. The van der Waals surface area contributed by atoms with Crippen molar-refractivity contribution in [2.45, 2.75) is 31.5 Å². The zero-order chi connectivity index (χ0) is 23.4. The molecule has 1 unspecified atom stereocenters. The van der Waals surface area contributed by atoms with Gasteiger partial charge in [-0.15, -0.1) is 4.91 Å². The highest BCUT2D eigenvalue weighted by atomic mass is 19.1. The largest absolute Gasteiger partial charge is 0.493 e. The molecule has 2 aliphatic rings. The molecule has 3 aromatic rings. The lowest BCUT2D eigenvalue weighted by atomic mass is 9.76. The van der Waals surface area contributed by atoms with Gasteiger partial charge in [0, 0.05) is 22.9 Å². The predicted molar refractivity (Wildman–Crippen MR) is 123 cm³/mol. The predicted octanol–water partition coefficient (Wildman–Crippen LogP) is 6.47. The van der Waals surface area contributed by atoms with Crippen LogP contribution in [0.5, 0.6) is 11.5 Å². The first kappa shape index (κ1) is 21.1. The maximum atomic E-state index is 14.7. The van der Waals surface area contributed by atoms with Gasteiger partial charge in [-0.05, 0) is 67.1 Å². The number of hydrogen-bond acceptors (Lipinski definition) is 5. The van der Waals surface area contributed by atoms with Crippen molar-refractivity contribution in [1.82, 2.24) is 0 Å². The van der Waals surface area contributed by atoms with E-state index in [0.717, 1.165) is 23.4 Å². The zero-order valence-corrected chi connectivity index (χ0v) is 18.4. The highest BCUT2D eigenvalue weighted by molar-refractivity contribution is 5.75. The van der Waals surface area contributed by atoms with Gasteiger partial charge in [-0.1, -0.05) is 18.2 Å². The van der Waals surface area contributed by atoms with Crippen molar-refractivity contribution in [2.75, 3.05) is 12.0 Å². The van der Waals surface area contributed by atoms with E-state index in [9.17, 15) is 13.7 Å². The number of rotatable bonds is 4. The van der Waals surface area contributed by atoms with Gasteiger partial charge in [-0.3, -0.25) is 0 Å². The fourth-order valence-electron chi connectivity index (χ4n) is 4.90. The first-order valence-electron chi connectivity index (χ1n) is 10.6. The Kier molecular flexibility index (Phi) is 4.74. The van der Waals surface area contributed by atoms with Gasteiger partial charge in [0.15, 0.2) is 11.5 Å². The standard InChI is InChI=1S/C26H22F2N2O3/c1-25(2)20-6-4-5-7-22(20)30(15-17-12-18(27)8-9-21(17)28)26(25)11-10-16-13-19(29-31)14-23(32-3)24(16)33-26/h4-14H,15H2,1-3H3. The molecular weight excluding hydrogens is 426 g/mol. The zero-order valence-electron chi connectivity index (χ0n) is 18.4. The molecule has 0 saturated carbocycles. The minimum absolute atomic E-state index is 0.0833. The van der Waals surface area contributed by atoms with Crippen LogP contribution in [0, 0.1) is 16.5 Å². The van der Waals surface area contributed by atoms with Crippen LogP contribution in [0.3, 0.4) is 0 Å². The van der Waals surface area contributed by atoms with E-state index in [-0.39, 0.29) is 17.8 Å². The van der Waals surface area contributed by atoms with Gasteiger partial charge in [0.1, 0.15) is 17.3 Å². The molecule has 0 N–H and O–H groups in total. The Bertz CT molecular complexity index is 1300. The van der Waals surface area contributed by atoms with Crippen molar-refractivity contribution >= 4 is 17.5 Å². The molecule has 7 heteroatoms. The van der Waals surface area contributed by atoms with Crippen LogP contribution < -0.4 is 14.4 Å². The third kappa shape index (κ3) is 3.03.